The van der Waals surface area contributed by atoms with Gasteiger partial charge in [0, 0.05) is 43.6 Å². The van der Waals surface area contributed by atoms with Crippen LogP contribution < -0.4 is 15.5 Å². The summed E-state index contributed by atoms with van der Waals surface area (Å²) in [5.74, 6) is -0.561. The van der Waals surface area contributed by atoms with E-state index < -0.39 is 0 Å². The van der Waals surface area contributed by atoms with Crippen LogP contribution in [-0.2, 0) is 0 Å². The fraction of sp³-hybridized carbons (Fsp3) is 0.364. The highest BCUT2D eigenvalue weighted by Gasteiger charge is 2.16. The Hall–Kier alpha value is -2.28. The van der Waals surface area contributed by atoms with Crippen molar-refractivity contribution in [3.05, 3.63) is 57.6 Å². The van der Waals surface area contributed by atoms with Crippen molar-refractivity contribution in [3.8, 4) is 0 Å². The zero-order valence-electron chi connectivity index (χ0n) is 17.8. The van der Waals surface area contributed by atoms with E-state index in [1.54, 1.807) is 30.3 Å². The van der Waals surface area contributed by atoms with Crippen LogP contribution in [0.5, 0.6) is 0 Å². The molecular formula is C22H28Cl2N4O2. The van der Waals surface area contributed by atoms with E-state index in [0.29, 0.717) is 28.4 Å². The smallest absolute Gasteiger partial charge is 0.257 e. The summed E-state index contributed by atoms with van der Waals surface area (Å²) in [6, 6.07) is 9.91. The van der Waals surface area contributed by atoms with E-state index in [1.165, 1.54) is 6.07 Å². The van der Waals surface area contributed by atoms with Gasteiger partial charge in [0.2, 0.25) is 0 Å². The van der Waals surface area contributed by atoms with Gasteiger partial charge in [0.15, 0.2) is 0 Å². The van der Waals surface area contributed by atoms with E-state index in [1.807, 2.05) is 19.0 Å². The van der Waals surface area contributed by atoms with Crippen LogP contribution in [0, 0.1) is 0 Å². The number of likely N-dealkylation sites (N-methyl/N-ethyl adjacent to an activating group) is 1. The monoisotopic (exact) mass is 450 g/mol. The highest BCUT2D eigenvalue weighted by atomic mass is 35.5. The lowest BCUT2D eigenvalue weighted by Gasteiger charge is -2.20. The van der Waals surface area contributed by atoms with Crippen molar-refractivity contribution in [2.45, 2.75) is 13.8 Å². The lowest BCUT2D eigenvalue weighted by molar-refractivity contribution is 0.0948. The van der Waals surface area contributed by atoms with Gasteiger partial charge in [-0.3, -0.25) is 9.59 Å². The molecule has 0 aliphatic carbocycles. The average molecular weight is 451 g/mol. The molecule has 2 rings (SSSR count). The summed E-state index contributed by atoms with van der Waals surface area (Å²) < 4.78 is 0. The Labute approximate surface area is 188 Å². The highest BCUT2D eigenvalue weighted by molar-refractivity contribution is 6.37. The molecule has 162 valence electrons. The number of carbonyl (C=O) groups excluding carboxylic acids is 2. The van der Waals surface area contributed by atoms with Gasteiger partial charge in [-0.25, -0.2) is 0 Å². The minimum Gasteiger partial charge on any atom is -0.377 e. The second kappa shape index (κ2) is 11.2. The Morgan fingerprint density at radius 1 is 0.933 bits per heavy atom. The van der Waals surface area contributed by atoms with Crippen molar-refractivity contribution in [3.63, 3.8) is 0 Å². The predicted octanol–water partition coefficient (Wildman–Crippen LogP) is 4.38. The highest BCUT2D eigenvalue weighted by Crippen LogP contribution is 2.25. The first kappa shape index (κ1) is 24.0. The summed E-state index contributed by atoms with van der Waals surface area (Å²) in [4.78, 5) is 29.5. The quantitative estimate of drug-likeness (QED) is 0.594. The lowest BCUT2D eigenvalue weighted by Crippen LogP contribution is -2.35. The summed E-state index contributed by atoms with van der Waals surface area (Å²) >= 11 is 12.0. The molecule has 0 saturated carbocycles. The molecule has 0 aliphatic heterocycles. The van der Waals surface area contributed by atoms with Gasteiger partial charge in [0.25, 0.3) is 11.8 Å². The number of rotatable bonds is 9. The van der Waals surface area contributed by atoms with Crippen LogP contribution in [0.25, 0.3) is 0 Å². The van der Waals surface area contributed by atoms with Gasteiger partial charge in [-0.1, -0.05) is 37.0 Å². The summed E-state index contributed by atoms with van der Waals surface area (Å²) in [7, 11) is 3.74. The molecule has 0 fully saturated rings. The number of hydrogen-bond donors (Lipinski definition) is 2. The van der Waals surface area contributed by atoms with Gasteiger partial charge in [0.1, 0.15) is 0 Å². The van der Waals surface area contributed by atoms with E-state index in [0.717, 1.165) is 25.3 Å². The molecule has 6 nitrogen and oxygen atoms in total. The van der Waals surface area contributed by atoms with Gasteiger partial charge in [0.05, 0.1) is 16.1 Å². The Bertz CT molecular complexity index is 899. The van der Waals surface area contributed by atoms with Crippen molar-refractivity contribution in [1.82, 2.24) is 10.2 Å². The second-order valence-electron chi connectivity index (χ2n) is 6.99. The fourth-order valence-electron chi connectivity index (χ4n) is 3.02. The molecule has 0 spiro atoms. The molecular weight excluding hydrogens is 423 g/mol. The van der Waals surface area contributed by atoms with Crippen LogP contribution >= 0.6 is 23.2 Å². The number of anilines is 2. The standard InChI is InChI=1S/C22H28Cl2N4O2/c1-5-28(6-2)12-11-25-21(29)18-14-16(8-10-20(18)27(3)4)26-22(30)17-9-7-15(23)13-19(17)24/h7-10,13-14H,5-6,11-12H2,1-4H3,(H,25,29)(H,26,30). The topological polar surface area (TPSA) is 64.7 Å². The number of nitrogens with zero attached hydrogens (tertiary/aromatic N) is 2. The SMILES string of the molecule is CCN(CC)CCNC(=O)c1cc(NC(=O)c2ccc(Cl)cc2Cl)ccc1N(C)C. The largest absolute Gasteiger partial charge is 0.377 e. The van der Waals surface area contributed by atoms with E-state index in [4.69, 9.17) is 23.2 Å². The molecule has 0 aromatic heterocycles. The summed E-state index contributed by atoms with van der Waals surface area (Å²) in [6.45, 7) is 7.38. The molecule has 30 heavy (non-hydrogen) atoms. The molecule has 2 N–H and O–H groups in total. The average Bonchev–Trinajstić information content (AvgIpc) is 2.70. The molecule has 0 bridgehead atoms. The maximum atomic E-state index is 12.8. The van der Waals surface area contributed by atoms with Gasteiger partial charge in [-0.15, -0.1) is 0 Å². The third-order valence-corrected chi connectivity index (χ3v) is 5.31. The first-order chi connectivity index (χ1) is 14.3. The van der Waals surface area contributed by atoms with Crippen molar-refractivity contribution in [1.29, 1.82) is 0 Å². The van der Waals surface area contributed by atoms with Crippen molar-refractivity contribution in [2.24, 2.45) is 0 Å². The van der Waals surface area contributed by atoms with Crippen LogP contribution in [0.15, 0.2) is 36.4 Å². The summed E-state index contributed by atoms with van der Waals surface area (Å²) in [5, 5.41) is 6.48. The van der Waals surface area contributed by atoms with E-state index in [9.17, 15) is 9.59 Å². The van der Waals surface area contributed by atoms with E-state index in [2.05, 4.69) is 29.4 Å². The number of carbonyl (C=O) groups is 2. The molecule has 2 amide bonds. The predicted molar refractivity (Wildman–Crippen MR) is 125 cm³/mol. The molecule has 0 unspecified atom stereocenters. The van der Waals surface area contributed by atoms with Crippen molar-refractivity contribution >= 4 is 46.4 Å². The third kappa shape index (κ3) is 6.36. The van der Waals surface area contributed by atoms with Gasteiger partial charge >= 0.3 is 0 Å². The first-order valence-corrected chi connectivity index (χ1v) is 10.6. The van der Waals surface area contributed by atoms with Crippen molar-refractivity contribution < 1.29 is 9.59 Å². The Morgan fingerprint density at radius 2 is 1.63 bits per heavy atom. The normalized spacial score (nSPS) is 10.8. The summed E-state index contributed by atoms with van der Waals surface area (Å²) in [6.07, 6.45) is 0. The number of nitrogens with one attached hydrogen (secondary N) is 2. The van der Waals surface area contributed by atoms with E-state index >= 15 is 0 Å². The van der Waals surface area contributed by atoms with Crippen LogP contribution in [0.2, 0.25) is 10.0 Å². The van der Waals surface area contributed by atoms with Gasteiger partial charge in [-0.05, 0) is 49.5 Å². The Morgan fingerprint density at radius 3 is 2.23 bits per heavy atom. The van der Waals surface area contributed by atoms with Gasteiger partial charge < -0.3 is 20.4 Å². The third-order valence-electron chi connectivity index (χ3n) is 4.76. The van der Waals surface area contributed by atoms with E-state index in [-0.39, 0.29) is 16.8 Å². The number of halogens is 2. The number of amides is 2. The Balaban J connectivity index is 2.18. The molecule has 0 atom stereocenters. The van der Waals surface area contributed by atoms with Crippen LogP contribution in [-0.4, -0.2) is 57.0 Å². The zero-order valence-corrected chi connectivity index (χ0v) is 19.3. The number of hydrogen-bond acceptors (Lipinski definition) is 4. The molecule has 0 aliphatic rings. The molecule has 0 radical (unpaired) electrons. The fourth-order valence-corrected chi connectivity index (χ4v) is 3.51. The van der Waals surface area contributed by atoms with Crippen LogP contribution in [0.1, 0.15) is 34.6 Å². The minimum absolute atomic E-state index is 0.188. The first-order valence-electron chi connectivity index (χ1n) is 9.85. The maximum Gasteiger partial charge on any atom is 0.257 e. The zero-order chi connectivity index (χ0) is 22.3. The second-order valence-corrected chi connectivity index (χ2v) is 7.83. The molecule has 0 heterocycles. The molecule has 2 aromatic rings. The Kier molecular flexibility index (Phi) is 8.96. The van der Waals surface area contributed by atoms with Crippen LogP contribution in [0.3, 0.4) is 0 Å². The van der Waals surface area contributed by atoms with Gasteiger partial charge in [-0.2, -0.15) is 0 Å². The molecule has 8 heteroatoms. The van der Waals surface area contributed by atoms with Crippen LogP contribution in [0.4, 0.5) is 11.4 Å². The molecule has 0 saturated heterocycles. The lowest BCUT2D eigenvalue weighted by atomic mass is 10.1. The van der Waals surface area contributed by atoms with Crippen molar-refractivity contribution in [2.75, 3.05) is 50.5 Å². The summed E-state index contributed by atoms with van der Waals surface area (Å²) in [5.41, 5.74) is 2.06. The molecule has 2 aromatic carbocycles. The minimum atomic E-state index is -0.373. The number of benzene rings is 2. The maximum absolute atomic E-state index is 12.8.